The van der Waals surface area contributed by atoms with Crippen LogP contribution in [0.2, 0.25) is 0 Å². The van der Waals surface area contributed by atoms with Crippen molar-refractivity contribution in [2.45, 2.75) is 12.4 Å². The quantitative estimate of drug-likeness (QED) is 0.532. The van der Waals surface area contributed by atoms with Gasteiger partial charge in [0.25, 0.3) is 0 Å². The highest BCUT2D eigenvalue weighted by Gasteiger charge is 2.35. The van der Waals surface area contributed by atoms with Gasteiger partial charge in [0.1, 0.15) is 17.5 Å². The van der Waals surface area contributed by atoms with Crippen molar-refractivity contribution in [2.75, 3.05) is 42.3 Å². The van der Waals surface area contributed by atoms with E-state index in [2.05, 4.69) is 25.3 Å². The van der Waals surface area contributed by atoms with Crippen LogP contribution in [0.3, 0.4) is 0 Å². The average molecular weight is 485 g/mol. The highest BCUT2D eigenvalue weighted by molar-refractivity contribution is 5.70. The van der Waals surface area contributed by atoms with Crippen molar-refractivity contribution in [3.8, 4) is 11.3 Å². The van der Waals surface area contributed by atoms with Crippen LogP contribution in [0.4, 0.5) is 49.7 Å². The summed E-state index contributed by atoms with van der Waals surface area (Å²) in [7, 11) is 0. The maximum atomic E-state index is 13.7. The molecule has 0 unspecified atom stereocenters. The third-order valence-corrected chi connectivity index (χ3v) is 4.86. The maximum Gasteiger partial charge on any atom is 0.417 e. The van der Waals surface area contributed by atoms with Gasteiger partial charge in [0.2, 0.25) is 5.95 Å². The van der Waals surface area contributed by atoms with E-state index in [0.717, 1.165) is 24.5 Å². The Bertz CT molecular complexity index is 1180. The maximum absolute atomic E-state index is 13.7. The standard InChI is InChI=1S/C20H17F6N7O/c21-19(22,23)11-1-2-28-16(7-11)31-17-9-14(30-18(32-17)33-3-5-34-6-4-33)12-10-29-15(27)8-13(12)20(24,25)26/h1-2,7-10H,3-6H2,(H2,27,29)(H,28,30,31,32). The summed E-state index contributed by atoms with van der Waals surface area (Å²) in [6, 6.07) is 3.43. The molecule has 0 radical (unpaired) electrons. The summed E-state index contributed by atoms with van der Waals surface area (Å²) in [6.45, 7) is 1.44. The van der Waals surface area contributed by atoms with Crippen molar-refractivity contribution in [3.63, 3.8) is 0 Å². The van der Waals surface area contributed by atoms with Gasteiger partial charge in [-0.05, 0) is 18.2 Å². The fraction of sp³-hybridized carbons (Fsp3) is 0.300. The molecule has 0 aromatic carbocycles. The van der Waals surface area contributed by atoms with E-state index in [9.17, 15) is 26.3 Å². The molecule has 1 saturated heterocycles. The molecule has 0 saturated carbocycles. The first kappa shape index (κ1) is 23.5. The minimum absolute atomic E-state index is 0.0525. The van der Waals surface area contributed by atoms with E-state index in [-0.39, 0.29) is 34.7 Å². The van der Waals surface area contributed by atoms with E-state index in [1.807, 2.05) is 0 Å². The lowest BCUT2D eigenvalue weighted by Crippen LogP contribution is -2.37. The Morgan fingerprint density at radius 2 is 1.65 bits per heavy atom. The number of nitrogens with two attached hydrogens (primary N) is 1. The van der Waals surface area contributed by atoms with Gasteiger partial charge < -0.3 is 20.7 Å². The highest BCUT2D eigenvalue weighted by Crippen LogP contribution is 2.38. The van der Waals surface area contributed by atoms with Gasteiger partial charge in [0, 0.05) is 37.1 Å². The second-order valence-corrected chi connectivity index (χ2v) is 7.24. The first-order chi connectivity index (χ1) is 16.0. The summed E-state index contributed by atoms with van der Waals surface area (Å²) in [4.78, 5) is 17.8. The SMILES string of the molecule is Nc1cc(C(F)(F)F)c(-c2cc(Nc3cc(C(F)(F)F)ccn3)nc(N3CCOCC3)n2)cn1. The number of pyridine rings is 2. The number of aromatic nitrogens is 4. The second kappa shape index (κ2) is 8.93. The molecule has 4 rings (SSSR count). The van der Waals surface area contributed by atoms with Crippen LogP contribution >= 0.6 is 0 Å². The van der Waals surface area contributed by atoms with Gasteiger partial charge in [0.05, 0.1) is 30.0 Å². The summed E-state index contributed by atoms with van der Waals surface area (Å²) in [5.74, 6) is -0.507. The molecule has 1 fully saturated rings. The van der Waals surface area contributed by atoms with Crippen molar-refractivity contribution in [1.82, 2.24) is 19.9 Å². The monoisotopic (exact) mass is 485 g/mol. The summed E-state index contributed by atoms with van der Waals surface area (Å²) in [5, 5.41) is 2.63. The van der Waals surface area contributed by atoms with Gasteiger partial charge in [-0.2, -0.15) is 31.3 Å². The van der Waals surface area contributed by atoms with E-state index in [4.69, 9.17) is 10.5 Å². The van der Waals surface area contributed by atoms with Gasteiger partial charge in [-0.25, -0.2) is 15.0 Å². The lowest BCUT2D eigenvalue weighted by atomic mass is 10.1. The normalized spacial score (nSPS) is 14.8. The van der Waals surface area contributed by atoms with Crippen LogP contribution in [0.15, 0.2) is 36.7 Å². The van der Waals surface area contributed by atoms with Gasteiger partial charge in [0.15, 0.2) is 0 Å². The molecule has 3 aromatic heterocycles. The predicted octanol–water partition coefficient (Wildman–Crippen LogP) is 4.13. The van der Waals surface area contributed by atoms with Gasteiger partial charge in [-0.1, -0.05) is 0 Å². The number of anilines is 4. The van der Waals surface area contributed by atoms with Crippen LogP contribution in [-0.2, 0) is 17.1 Å². The van der Waals surface area contributed by atoms with Crippen molar-refractivity contribution < 1.29 is 31.1 Å². The highest BCUT2D eigenvalue weighted by atomic mass is 19.4. The zero-order valence-electron chi connectivity index (χ0n) is 17.3. The molecule has 0 aliphatic carbocycles. The fourth-order valence-electron chi connectivity index (χ4n) is 3.26. The summed E-state index contributed by atoms with van der Waals surface area (Å²) in [5.41, 5.74) is 2.93. The van der Waals surface area contributed by atoms with Crippen LogP contribution in [0.5, 0.6) is 0 Å². The topological polar surface area (TPSA) is 102 Å². The van der Waals surface area contributed by atoms with Crippen LogP contribution < -0.4 is 16.0 Å². The Balaban J connectivity index is 1.80. The molecule has 3 aromatic rings. The minimum atomic E-state index is -4.76. The molecule has 1 aliphatic rings. The van der Waals surface area contributed by atoms with Gasteiger partial charge in [-0.3, -0.25) is 0 Å². The molecule has 8 nitrogen and oxygen atoms in total. The number of nitrogens with one attached hydrogen (secondary N) is 1. The van der Waals surface area contributed by atoms with E-state index < -0.39 is 23.5 Å². The van der Waals surface area contributed by atoms with Crippen LogP contribution in [0.1, 0.15) is 11.1 Å². The average Bonchev–Trinajstić information content (AvgIpc) is 2.78. The molecule has 0 atom stereocenters. The third-order valence-electron chi connectivity index (χ3n) is 4.86. The Labute approximate surface area is 188 Å². The molecule has 34 heavy (non-hydrogen) atoms. The molecule has 0 bridgehead atoms. The molecule has 3 N–H and O–H groups in total. The number of nitrogens with zero attached hydrogens (tertiary/aromatic N) is 5. The van der Waals surface area contributed by atoms with Crippen LogP contribution in [-0.4, -0.2) is 46.2 Å². The number of rotatable bonds is 4. The Kier molecular flexibility index (Phi) is 6.17. The van der Waals surface area contributed by atoms with Gasteiger partial charge in [-0.15, -0.1) is 0 Å². The van der Waals surface area contributed by atoms with E-state index in [0.29, 0.717) is 32.4 Å². The number of hydrogen-bond acceptors (Lipinski definition) is 8. The predicted molar refractivity (Wildman–Crippen MR) is 110 cm³/mol. The first-order valence-corrected chi connectivity index (χ1v) is 9.86. The van der Waals surface area contributed by atoms with Gasteiger partial charge >= 0.3 is 12.4 Å². The largest absolute Gasteiger partial charge is 0.417 e. The Hall–Kier alpha value is -3.68. The summed E-state index contributed by atoms with van der Waals surface area (Å²) < 4.78 is 85.5. The molecule has 14 heteroatoms. The van der Waals surface area contributed by atoms with Crippen molar-refractivity contribution >= 4 is 23.4 Å². The molecule has 0 spiro atoms. The number of ether oxygens (including phenoxy) is 1. The zero-order valence-corrected chi connectivity index (χ0v) is 17.3. The van der Waals surface area contributed by atoms with E-state index in [1.54, 1.807) is 4.90 Å². The molecule has 1 aliphatic heterocycles. The molecular formula is C20H17F6N7O. The molecule has 180 valence electrons. The summed E-state index contributed by atoms with van der Waals surface area (Å²) >= 11 is 0. The number of hydrogen-bond donors (Lipinski definition) is 2. The third kappa shape index (κ3) is 5.27. The second-order valence-electron chi connectivity index (χ2n) is 7.24. The van der Waals surface area contributed by atoms with Crippen molar-refractivity contribution in [3.05, 3.63) is 47.8 Å². The van der Waals surface area contributed by atoms with Crippen LogP contribution in [0, 0.1) is 0 Å². The number of nitrogen functional groups attached to an aromatic ring is 1. The summed E-state index contributed by atoms with van der Waals surface area (Å²) in [6.07, 6.45) is -7.46. The van der Waals surface area contributed by atoms with Crippen molar-refractivity contribution in [2.24, 2.45) is 0 Å². The molecular weight excluding hydrogens is 468 g/mol. The lowest BCUT2D eigenvalue weighted by molar-refractivity contribution is -0.138. The van der Waals surface area contributed by atoms with Crippen molar-refractivity contribution in [1.29, 1.82) is 0 Å². The Morgan fingerprint density at radius 1 is 0.912 bits per heavy atom. The number of halogens is 6. The zero-order chi connectivity index (χ0) is 24.5. The number of morpholine rings is 1. The molecule has 0 amide bonds. The fourth-order valence-corrected chi connectivity index (χ4v) is 3.26. The number of alkyl halides is 6. The smallest absolute Gasteiger partial charge is 0.384 e. The lowest BCUT2D eigenvalue weighted by Gasteiger charge is -2.27. The first-order valence-electron chi connectivity index (χ1n) is 9.86. The Morgan fingerprint density at radius 3 is 2.32 bits per heavy atom. The minimum Gasteiger partial charge on any atom is -0.384 e. The molecule has 4 heterocycles. The van der Waals surface area contributed by atoms with E-state index >= 15 is 0 Å². The van der Waals surface area contributed by atoms with Crippen LogP contribution in [0.25, 0.3) is 11.3 Å². The van der Waals surface area contributed by atoms with E-state index in [1.165, 1.54) is 6.07 Å².